The normalized spacial score (nSPS) is 20.6. The van der Waals surface area contributed by atoms with Crippen LogP contribution in [-0.4, -0.2) is 0 Å². The maximum absolute atomic E-state index is 2.36. The molecule has 0 heterocycles. The molecule has 4 aliphatic carbocycles. The van der Waals surface area contributed by atoms with Crippen molar-refractivity contribution in [3.8, 4) is 0 Å². The van der Waals surface area contributed by atoms with Crippen molar-refractivity contribution < 1.29 is 0 Å². The smallest absolute Gasteiger partial charge is 0.0276 e. The lowest BCUT2D eigenvalue weighted by atomic mass is 9.92. The van der Waals surface area contributed by atoms with Gasteiger partial charge in [-0.25, -0.2) is 0 Å². The summed E-state index contributed by atoms with van der Waals surface area (Å²) in [6.45, 7) is 13.2. The average Bonchev–Trinajstić information content (AvgIpc) is 3.15. The fourth-order valence-electron chi connectivity index (χ4n) is 4.47. The fraction of sp³-hybridized carbons (Fsp3) is 0.742. The highest BCUT2D eigenvalue weighted by Crippen LogP contribution is 2.36. The maximum Gasteiger partial charge on any atom is -0.0276 e. The minimum Gasteiger partial charge on any atom is -0.0744 e. The summed E-state index contributed by atoms with van der Waals surface area (Å²) in [7, 11) is 0. The summed E-state index contributed by atoms with van der Waals surface area (Å²) >= 11 is 0. The zero-order chi connectivity index (χ0) is 23.0. The van der Waals surface area contributed by atoms with Crippen LogP contribution in [0.4, 0.5) is 0 Å². The Bertz CT molecular complexity index is 549. The van der Waals surface area contributed by atoms with Crippen molar-refractivity contribution in [2.45, 2.75) is 144 Å². The Kier molecular flexibility index (Phi) is 15.0. The fourth-order valence-corrected chi connectivity index (χ4v) is 4.47. The molecule has 0 atom stereocenters. The molecule has 0 N–H and O–H groups in total. The van der Waals surface area contributed by atoms with Gasteiger partial charge in [0.2, 0.25) is 0 Å². The molecule has 5 rings (SSSR count). The van der Waals surface area contributed by atoms with Gasteiger partial charge < -0.3 is 0 Å². The van der Waals surface area contributed by atoms with Crippen molar-refractivity contribution in [1.29, 1.82) is 0 Å². The molecule has 1 aromatic rings. The molecule has 2 saturated carbocycles. The van der Waals surface area contributed by atoms with Gasteiger partial charge in [-0.3, -0.25) is 0 Å². The van der Waals surface area contributed by atoms with Gasteiger partial charge in [0, 0.05) is 0 Å². The lowest BCUT2D eigenvalue weighted by molar-refractivity contribution is 0.382. The van der Waals surface area contributed by atoms with E-state index in [-0.39, 0.29) is 0 Å². The Morgan fingerprint density at radius 3 is 1.13 bits per heavy atom. The first-order chi connectivity index (χ1) is 15.0. The summed E-state index contributed by atoms with van der Waals surface area (Å²) in [5, 5.41) is 0. The van der Waals surface area contributed by atoms with Crippen molar-refractivity contribution in [3.05, 3.63) is 46.5 Å². The summed E-state index contributed by atoms with van der Waals surface area (Å²) in [5.74, 6) is 0. The Balaban J connectivity index is 0.000000209. The number of hydrogen-bond donors (Lipinski definition) is 0. The maximum atomic E-state index is 2.36. The van der Waals surface area contributed by atoms with Crippen molar-refractivity contribution in [2.75, 3.05) is 0 Å². The predicted octanol–water partition coefficient (Wildman–Crippen LogP) is 10.6. The molecule has 0 aromatic heterocycles. The highest BCUT2D eigenvalue weighted by molar-refractivity contribution is 5.28. The van der Waals surface area contributed by atoms with E-state index in [1.54, 1.807) is 22.3 Å². The summed E-state index contributed by atoms with van der Waals surface area (Å²) in [6, 6.07) is 8.80. The minimum absolute atomic E-state index is 0.694. The summed E-state index contributed by atoms with van der Waals surface area (Å²) in [4.78, 5) is 0. The van der Waals surface area contributed by atoms with Crippen LogP contribution in [0.1, 0.15) is 143 Å². The van der Waals surface area contributed by atoms with Crippen LogP contribution in [0.3, 0.4) is 0 Å². The third-order valence-corrected chi connectivity index (χ3v) is 7.30. The zero-order valence-electron chi connectivity index (χ0n) is 22.1. The van der Waals surface area contributed by atoms with Crippen LogP contribution < -0.4 is 0 Å². The van der Waals surface area contributed by atoms with Gasteiger partial charge in [-0.05, 0) is 94.6 Å². The van der Waals surface area contributed by atoms with Crippen LogP contribution >= 0.6 is 0 Å². The van der Waals surface area contributed by atoms with Gasteiger partial charge in [0.1, 0.15) is 0 Å². The molecule has 0 unspecified atom stereocenters. The van der Waals surface area contributed by atoms with Crippen LogP contribution in [0.2, 0.25) is 0 Å². The number of fused-ring (bicyclic) bond motifs is 1. The second-order valence-corrected chi connectivity index (χ2v) is 10.5. The number of rotatable bonds is 0. The molecule has 0 saturated heterocycles. The zero-order valence-corrected chi connectivity index (χ0v) is 22.1. The Morgan fingerprint density at radius 1 is 0.516 bits per heavy atom. The number of allylic oxidation sites excluding steroid dienone is 2. The van der Waals surface area contributed by atoms with E-state index in [0.29, 0.717) is 5.41 Å². The van der Waals surface area contributed by atoms with Crippen LogP contribution in [0.15, 0.2) is 35.4 Å². The second-order valence-electron chi connectivity index (χ2n) is 10.5. The van der Waals surface area contributed by atoms with E-state index in [1.807, 2.05) is 13.8 Å². The van der Waals surface area contributed by atoms with E-state index in [0.717, 1.165) is 0 Å². The molecule has 178 valence electrons. The van der Waals surface area contributed by atoms with Crippen molar-refractivity contribution >= 4 is 0 Å². The van der Waals surface area contributed by atoms with E-state index < -0.39 is 0 Å². The lowest BCUT2D eigenvalue weighted by Gasteiger charge is -2.13. The van der Waals surface area contributed by atoms with Crippen LogP contribution in [0.25, 0.3) is 0 Å². The first-order valence-corrected chi connectivity index (χ1v) is 13.7. The Morgan fingerprint density at radius 2 is 0.871 bits per heavy atom. The molecule has 0 heteroatoms. The molecule has 0 bridgehead atoms. The standard InChI is InChI=1S/C10H12.C8H14.C7H14.C4H8.C2H6/c1-2-6-10-8-4-3-7-9(10)5-1;1-7-5-3-4-6-8(7)2;1-7(2)5-3-4-6-7;1-2-4-3-1;1-2/h1-2,5-6H,3-4,7-8H2;3-6H2,1-2H3;3-6H2,1-2H3;1-4H2;1-2H3. The van der Waals surface area contributed by atoms with Gasteiger partial charge in [0.15, 0.2) is 0 Å². The van der Waals surface area contributed by atoms with E-state index in [9.17, 15) is 0 Å². The Labute approximate surface area is 196 Å². The van der Waals surface area contributed by atoms with E-state index in [1.165, 1.54) is 103 Å². The highest BCUT2D eigenvalue weighted by atomic mass is 14.3. The summed E-state index contributed by atoms with van der Waals surface area (Å²) < 4.78 is 0. The molecule has 31 heavy (non-hydrogen) atoms. The van der Waals surface area contributed by atoms with Crippen molar-refractivity contribution in [1.82, 2.24) is 0 Å². The predicted molar refractivity (Wildman–Crippen MR) is 142 cm³/mol. The molecule has 0 aliphatic heterocycles. The SMILES string of the molecule is C1CCC1.CC.CC1(C)CCCC1.CC1=C(C)CCCC1.c1ccc2c(c1)CCCC2. The number of aryl methyl sites for hydroxylation is 2. The van der Waals surface area contributed by atoms with Crippen molar-refractivity contribution in [3.63, 3.8) is 0 Å². The molecule has 4 aliphatic rings. The monoisotopic (exact) mass is 426 g/mol. The molecule has 0 spiro atoms. The molecule has 0 amide bonds. The van der Waals surface area contributed by atoms with Gasteiger partial charge in [-0.15, -0.1) is 0 Å². The van der Waals surface area contributed by atoms with E-state index >= 15 is 0 Å². The topological polar surface area (TPSA) is 0 Å². The molecule has 0 radical (unpaired) electrons. The van der Waals surface area contributed by atoms with E-state index in [4.69, 9.17) is 0 Å². The average molecular weight is 427 g/mol. The largest absolute Gasteiger partial charge is 0.0744 e. The molecule has 1 aromatic carbocycles. The lowest BCUT2D eigenvalue weighted by Crippen LogP contribution is -2.01. The number of benzene rings is 1. The molecular weight excluding hydrogens is 372 g/mol. The van der Waals surface area contributed by atoms with Gasteiger partial charge in [-0.1, -0.05) is 102 Å². The number of hydrogen-bond acceptors (Lipinski definition) is 0. The first-order valence-electron chi connectivity index (χ1n) is 13.7. The van der Waals surface area contributed by atoms with Crippen molar-refractivity contribution in [2.24, 2.45) is 5.41 Å². The highest BCUT2D eigenvalue weighted by Gasteiger charge is 2.21. The summed E-state index contributed by atoms with van der Waals surface area (Å²) in [6.07, 6.45) is 22.8. The molecule has 0 nitrogen and oxygen atoms in total. The second kappa shape index (κ2) is 16.6. The van der Waals surface area contributed by atoms with Gasteiger partial charge in [-0.2, -0.15) is 0 Å². The van der Waals surface area contributed by atoms with Gasteiger partial charge >= 0.3 is 0 Å². The van der Waals surface area contributed by atoms with Gasteiger partial charge in [0.25, 0.3) is 0 Å². The van der Waals surface area contributed by atoms with Crippen LogP contribution in [0, 0.1) is 5.41 Å². The van der Waals surface area contributed by atoms with Crippen LogP contribution in [0.5, 0.6) is 0 Å². The van der Waals surface area contributed by atoms with E-state index in [2.05, 4.69) is 52.0 Å². The van der Waals surface area contributed by atoms with Gasteiger partial charge in [0.05, 0.1) is 0 Å². The quantitative estimate of drug-likeness (QED) is 0.362. The minimum atomic E-state index is 0.694. The first kappa shape index (κ1) is 28.0. The summed E-state index contributed by atoms with van der Waals surface area (Å²) in [5.41, 5.74) is 7.12. The third kappa shape index (κ3) is 12.5. The Hall–Kier alpha value is -1.04. The molecule has 2 fully saturated rings. The third-order valence-electron chi connectivity index (χ3n) is 7.30. The van der Waals surface area contributed by atoms with Crippen LogP contribution in [-0.2, 0) is 12.8 Å². The molecular formula is C31H54.